The van der Waals surface area contributed by atoms with Gasteiger partial charge in [-0.2, -0.15) is 26.3 Å². The van der Waals surface area contributed by atoms with Crippen LogP contribution >= 0.6 is 34.8 Å². The highest BCUT2D eigenvalue weighted by atomic mass is 35.6. The van der Waals surface area contributed by atoms with E-state index in [1.807, 2.05) is 0 Å². The van der Waals surface area contributed by atoms with Gasteiger partial charge >= 0.3 is 24.1 Å². The van der Waals surface area contributed by atoms with Gasteiger partial charge in [0.15, 0.2) is 0 Å². The van der Waals surface area contributed by atoms with Crippen molar-refractivity contribution in [3.05, 3.63) is 58.1 Å². The highest BCUT2D eigenvalue weighted by Crippen LogP contribution is 2.53. The molecule has 2 rings (SSSR count). The summed E-state index contributed by atoms with van der Waals surface area (Å²) in [5, 5.41) is 4.83. The number of ether oxygens (including phenoxy) is 1. The molecule has 0 saturated carbocycles. The Morgan fingerprint density at radius 1 is 0.838 bits per heavy atom. The van der Waals surface area contributed by atoms with Crippen LogP contribution in [-0.2, 0) is 10.4 Å². The number of alkyl halides is 10. The molecule has 2 amide bonds. The van der Waals surface area contributed by atoms with Gasteiger partial charge in [0.2, 0.25) is 3.79 Å². The molecular weight excluding hydrogens is 580 g/mol. The van der Waals surface area contributed by atoms with Crippen LogP contribution in [0.1, 0.15) is 32.6 Å². The molecule has 15 heteroatoms. The number of rotatable bonds is 5. The highest BCUT2D eigenvalue weighted by molar-refractivity contribution is 6.67. The van der Waals surface area contributed by atoms with E-state index >= 15 is 0 Å². The lowest BCUT2D eigenvalue weighted by Crippen LogP contribution is -2.50. The predicted octanol–water partition coefficient (Wildman–Crippen LogP) is 8.07. The number of nitrogens with one attached hydrogen (secondary N) is 2. The summed E-state index contributed by atoms with van der Waals surface area (Å²) in [5.74, 6) is -0.899. The van der Waals surface area contributed by atoms with Crippen molar-refractivity contribution in [2.24, 2.45) is 0 Å². The third-order valence-corrected chi connectivity index (χ3v) is 5.45. The first-order valence-corrected chi connectivity index (χ1v) is 11.2. The molecule has 0 aliphatic rings. The molecular formula is C22H18Cl3F7N2O3. The number of hydrogen-bond donors (Lipinski definition) is 2. The maximum Gasteiger partial charge on any atom is 0.435 e. The van der Waals surface area contributed by atoms with Crippen molar-refractivity contribution in [1.82, 2.24) is 0 Å². The molecule has 0 unspecified atom stereocenters. The van der Waals surface area contributed by atoms with Crippen molar-refractivity contribution in [2.45, 2.75) is 42.6 Å². The summed E-state index contributed by atoms with van der Waals surface area (Å²) in [5.41, 5.74) is -7.64. The molecule has 37 heavy (non-hydrogen) atoms. The molecule has 2 N–H and O–H groups in total. The lowest BCUT2D eigenvalue weighted by Gasteiger charge is -2.31. The first-order chi connectivity index (χ1) is 16.7. The number of carbonyl (C=O) groups excluding carboxylic acids is 2. The monoisotopic (exact) mass is 596 g/mol. The number of amides is 2. The van der Waals surface area contributed by atoms with Crippen LogP contribution in [-0.4, -0.2) is 34.8 Å². The number of carbonyl (C=O) groups is 2. The molecule has 5 nitrogen and oxygen atoms in total. The van der Waals surface area contributed by atoms with E-state index in [2.05, 4.69) is 10.6 Å². The molecule has 0 fully saturated rings. The fourth-order valence-corrected chi connectivity index (χ4v) is 3.56. The minimum atomic E-state index is -6.29. The summed E-state index contributed by atoms with van der Waals surface area (Å²) in [4.78, 5) is 24.8. The van der Waals surface area contributed by atoms with Crippen molar-refractivity contribution in [1.29, 1.82) is 0 Å². The van der Waals surface area contributed by atoms with Crippen molar-refractivity contribution in [2.75, 3.05) is 17.2 Å². The van der Waals surface area contributed by atoms with Crippen LogP contribution in [0.25, 0.3) is 0 Å². The lowest BCUT2D eigenvalue weighted by atomic mass is 9.88. The Hall–Kier alpha value is -2.44. The van der Waals surface area contributed by atoms with Crippen LogP contribution in [0.4, 0.5) is 46.9 Å². The molecule has 0 atom stereocenters. The van der Waals surface area contributed by atoms with E-state index in [9.17, 15) is 40.3 Å². The summed E-state index contributed by atoms with van der Waals surface area (Å²) >= 11 is 16.5. The Balaban J connectivity index is 2.36. The predicted molar refractivity (Wildman–Crippen MR) is 125 cm³/mol. The van der Waals surface area contributed by atoms with Gasteiger partial charge in [0.25, 0.3) is 5.91 Å². The van der Waals surface area contributed by atoms with Crippen LogP contribution in [0, 0.1) is 20.8 Å². The van der Waals surface area contributed by atoms with Gasteiger partial charge in [0.05, 0.1) is 0 Å². The maximum atomic E-state index is 14.5. The molecule has 0 radical (unpaired) electrons. The zero-order chi connectivity index (χ0) is 28.6. The van der Waals surface area contributed by atoms with E-state index in [4.69, 9.17) is 39.5 Å². The Morgan fingerprint density at radius 3 is 1.73 bits per heavy atom. The Kier molecular flexibility index (Phi) is 8.93. The number of anilines is 2. The molecule has 0 saturated heterocycles. The number of aryl methyl sites for hydroxylation is 2. The maximum absolute atomic E-state index is 14.5. The van der Waals surface area contributed by atoms with Gasteiger partial charge in [-0.05, 0) is 49.6 Å². The quantitative estimate of drug-likeness (QED) is 0.271. The van der Waals surface area contributed by atoms with E-state index in [-0.39, 0.29) is 28.1 Å². The molecule has 0 spiro atoms. The molecule has 0 aromatic heterocycles. The molecule has 204 valence electrons. The lowest BCUT2D eigenvalue weighted by molar-refractivity contribution is -0.348. The van der Waals surface area contributed by atoms with Crippen molar-refractivity contribution < 1.29 is 45.1 Å². The molecule has 0 heterocycles. The first kappa shape index (κ1) is 30.8. The molecule has 2 aromatic carbocycles. The minimum Gasteiger partial charge on any atom is -0.445 e. The van der Waals surface area contributed by atoms with Crippen LogP contribution < -0.4 is 10.6 Å². The van der Waals surface area contributed by atoms with Gasteiger partial charge in [-0.1, -0.05) is 53.0 Å². The second kappa shape index (κ2) is 10.7. The molecule has 0 aliphatic heterocycles. The number of benzene rings is 2. The van der Waals surface area contributed by atoms with Gasteiger partial charge in [-0.15, -0.1) is 0 Å². The summed E-state index contributed by atoms with van der Waals surface area (Å²) in [6.45, 7) is 3.08. The first-order valence-electron chi connectivity index (χ1n) is 10.0. The topological polar surface area (TPSA) is 67.4 Å². The second-order valence-corrected chi connectivity index (χ2v) is 10.4. The normalized spacial score (nSPS) is 12.8. The van der Waals surface area contributed by atoms with E-state index in [0.29, 0.717) is 17.7 Å². The molecule has 0 bridgehead atoms. The van der Waals surface area contributed by atoms with Gasteiger partial charge in [0.1, 0.15) is 6.61 Å². The van der Waals surface area contributed by atoms with E-state index in [0.717, 1.165) is 13.8 Å². The zero-order valence-electron chi connectivity index (χ0n) is 19.1. The van der Waals surface area contributed by atoms with Crippen molar-refractivity contribution in [3.63, 3.8) is 0 Å². The fourth-order valence-electron chi connectivity index (χ4n) is 3.39. The van der Waals surface area contributed by atoms with Gasteiger partial charge in [0, 0.05) is 22.5 Å². The van der Waals surface area contributed by atoms with E-state index < -0.39 is 46.0 Å². The molecule has 0 aliphatic carbocycles. The minimum absolute atomic E-state index is 0.137. The summed E-state index contributed by atoms with van der Waals surface area (Å²) in [7, 11) is 0. The third-order valence-electron chi connectivity index (χ3n) is 5.12. The van der Waals surface area contributed by atoms with Crippen LogP contribution in [0.15, 0.2) is 30.3 Å². The van der Waals surface area contributed by atoms with Crippen LogP contribution in [0.5, 0.6) is 0 Å². The van der Waals surface area contributed by atoms with Crippen molar-refractivity contribution >= 4 is 58.2 Å². The van der Waals surface area contributed by atoms with Crippen LogP contribution in [0.2, 0.25) is 0 Å². The van der Waals surface area contributed by atoms with Crippen molar-refractivity contribution in [3.8, 4) is 0 Å². The highest BCUT2D eigenvalue weighted by Gasteiger charge is 2.73. The standard InChI is InChI=1S/C22H18Cl3F7N2O3/c1-10-7-13(20(26,21(27,28)29)22(30,31)32)8-11(2)16(10)17(35)33-14-5-4-6-15(12(14)3)34-18(36)37-9-19(23,24)25/h4-8H,9H2,1-3H3,(H,33,35)(H,34,36). The third kappa shape index (κ3) is 6.91. The Labute approximate surface area is 221 Å². The van der Waals surface area contributed by atoms with Crippen LogP contribution in [0.3, 0.4) is 0 Å². The zero-order valence-corrected chi connectivity index (χ0v) is 21.4. The number of halogens is 10. The van der Waals surface area contributed by atoms with E-state index in [1.54, 1.807) is 0 Å². The summed E-state index contributed by atoms with van der Waals surface area (Å²) in [6.07, 6.45) is -13.6. The largest absolute Gasteiger partial charge is 0.445 e. The smallest absolute Gasteiger partial charge is 0.435 e. The Morgan fingerprint density at radius 2 is 1.30 bits per heavy atom. The number of hydrogen-bond acceptors (Lipinski definition) is 3. The summed E-state index contributed by atoms with van der Waals surface area (Å²) in [6, 6.07) is 4.95. The SMILES string of the molecule is Cc1cc(C(F)(C(F)(F)F)C(F)(F)F)cc(C)c1C(=O)Nc1cccc(NC(=O)OCC(Cl)(Cl)Cl)c1C. The Bertz CT molecular complexity index is 1160. The molecule has 2 aromatic rings. The average Bonchev–Trinajstić information content (AvgIpc) is 2.71. The second-order valence-electron chi connectivity index (χ2n) is 7.89. The fraction of sp³-hybridized carbons (Fsp3) is 0.364. The van der Waals surface area contributed by atoms with E-state index in [1.165, 1.54) is 25.1 Å². The van der Waals surface area contributed by atoms with Gasteiger partial charge in [-0.25, -0.2) is 9.18 Å². The average molecular weight is 598 g/mol. The van der Waals surface area contributed by atoms with Gasteiger partial charge < -0.3 is 10.1 Å². The summed E-state index contributed by atoms with van der Waals surface area (Å²) < 4.78 is 96.2. The van der Waals surface area contributed by atoms with Gasteiger partial charge in [-0.3, -0.25) is 10.1 Å².